The molecule has 17 heavy (non-hydrogen) atoms. The molecule has 2 nitrogen and oxygen atoms in total. The van der Waals surface area contributed by atoms with Crippen LogP contribution in [0.3, 0.4) is 0 Å². The number of rotatable bonds is 2. The molecule has 2 unspecified atom stereocenters. The number of ketones is 1. The van der Waals surface area contributed by atoms with Crippen LogP contribution in [0.2, 0.25) is 5.02 Å². The van der Waals surface area contributed by atoms with E-state index in [9.17, 15) is 9.18 Å². The molecule has 2 atom stereocenters. The number of carbonyl (C=O) groups excluding carboxylic acids is 1. The molecule has 1 aromatic rings. The monoisotopic (exact) mass is 320 g/mol. The van der Waals surface area contributed by atoms with Gasteiger partial charge in [0.15, 0.2) is 5.78 Å². The van der Waals surface area contributed by atoms with Gasteiger partial charge in [0.05, 0.1) is 23.3 Å². The summed E-state index contributed by atoms with van der Waals surface area (Å²) in [5, 5.41) is 0.335. The van der Waals surface area contributed by atoms with E-state index in [2.05, 4.69) is 15.9 Å². The lowest BCUT2D eigenvalue weighted by Gasteiger charge is -2.09. The van der Waals surface area contributed by atoms with E-state index < -0.39 is 5.82 Å². The van der Waals surface area contributed by atoms with Crippen molar-refractivity contribution in [2.75, 3.05) is 6.61 Å². The molecule has 0 spiro atoms. The number of ether oxygens (including phenoxy) is 1. The van der Waals surface area contributed by atoms with Crippen molar-refractivity contribution in [2.45, 2.75) is 19.4 Å². The maximum Gasteiger partial charge on any atom is 0.171 e. The molecule has 92 valence electrons. The minimum atomic E-state index is -0.550. The number of benzene rings is 1. The van der Waals surface area contributed by atoms with Gasteiger partial charge in [0, 0.05) is 10.4 Å². The Morgan fingerprint density at radius 1 is 1.59 bits per heavy atom. The van der Waals surface area contributed by atoms with Crippen molar-refractivity contribution in [1.29, 1.82) is 0 Å². The minimum Gasteiger partial charge on any atom is -0.378 e. The number of hydrogen-bond acceptors (Lipinski definition) is 2. The van der Waals surface area contributed by atoms with Gasteiger partial charge in [-0.15, -0.1) is 0 Å². The summed E-state index contributed by atoms with van der Waals surface area (Å²) in [5.41, 5.74) is 0.0425. The fourth-order valence-electron chi connectivity index (χ4n) is 1.93. The number of hydrogen-bond donors (Lipinski definition) is 0. The van der Waals surface area contributed by atoms with Crippen LogP contribution >= 0.6 is 27.5 Å². The van der Waals surface area contributed by atoms with Crippen LogP contribution in [-0.4, -0.2) is 18.5 Å². The normalized spacial score (nSPS) is 24.0. The van der Waals surface area contributed by atoms with E-state index in [1.165, 1.54) is 12.1 Å². The number of Topliss-reactive ketones (excluding diaryl/α,β-unsaturated/α-hetero) is 1. The van der Waals surface area contributed by atoms with E-state index in [0.717, 1.165) is 0 Å². The molecule has 0 saturated carbocycles. The third kappa shape index (κ3) is 2.69. The SMILES string of the molecule is CC1CC(C(=O)c2cc(Cl)c(Br)cc2F)CO1. The Hall–Kier alpha value is -0.450. The van der Waals surface area contributed by atoms with Gasteiger partial charge in [-0.2, -0.15) is 0 Å². The Bertz CT molecular complexity index is 464. The molecule has 1 aromatic carbocycles. The van der Waals surface area contributed by atoms with Crippen LogP contribution in [0.25, 0.3) is 0 Å². The van der Waals surface area contributed by atoms with E-state index in [1.807, 2.05) is 6.92 Å². The van der Waals surface area contributed by atoms with Crippen molar-refractivity contribution < 1.29 is 13.9 Å². The molecule has 0 aromatic heterocycles. The first kappa shape index (κ1) is 13.0. The summed E-state index contributed by atoms with van der Waals surface area (Å²) in [6.45, 7) is 2.26. The highest BCUT2D eigenvalue weighted by Gasteiger charge is 2.30. The van der Waals surface area contributed by atoms with Gasteiger partial charge < -0.3 is 4.74 Å². The van der Waals surface area contributed by atoms with Crippen molar-refractivity contribution in [3.05, 3.63) is 33.0 Å². The van der Waals surface area contributed by atoms with Gasteiger partial charge >= 0.3 is 0 Å². The Morgan fingerprint density at radius 2 is 2.29 bits per heavy atom. The topological polar surface area (TPSA) is 26.3 Å². The summed E-state index contributed by atoms with van der Waals surface area (Å²) in [7, 11) is 0. The molecular formula is C12H11BrClFO2. The van der Waals surface area contributed by atoms with Gasteiger partial charge in [-0.3, -0.25) is 4.79 Å². The molecule has 0 aliphatic carbocycles. The van der Waals surface area contributed by atoms with Gasteiger partial charge in [0.25, 0.3) is 0 Å². The Kier molecular flexibility index (Phi) is 3.85. The summed E-state index contributed by atoms with van der Waals surface area (Å²) < 4.78 is 19.4. The summed E-state index contributed by atoms with van der Waals surface area (Å²) in [6.07, 6.45) is 0.685. The highest BCUT2D eigenvalue weighted by atomic mass is 79.9. The van der Waals surface area contributed by atoms with Crippen LogP contribution < -0.4 is 0 Å². The molecule has 1 aliphatic heterocycles. The second-order valence-corrected chi connectivity index (χ2v) is 5.45. The molecule has 5 heteroatoms. The summed E-state index contributed by atoms with van der Waals surface area (Å²) >= 11 is 8.98. The average molecular weight is 322 g/mol. The first-order valence-corrected chi connectivity index (χ1v) is 6.46. The van der Waals surface area contributed by atoms with E-state index in [4.69, 9.17) is 16.3 Å². The predicted molar refractivity (Wildman–Crippen MR) is 67.0 cm³/mol. The zero-order valence-corrected chi connectivity index (χ0v) is 11.5. The molecule has 0 radical (unpaired) electrons. The molecule has 0 N–H and O–H groups in total. The largest absolute Gasteiger partial charge is 0.378 e. The lowest BCUT2D eigenvalue weighted by atomic mass is 9.95. The standard InChI is InChI=1S/C12H11BrClFO2/c1-6-2-7(5-17-6)12(16)8-3-10(14)9(13)4-11(8)15/h3-4,6-7H,2,5H2,1H3. The minimum absolute atomic E-state index is 0.0425. The van der Waals surface area contributed by atoms with Crippen molar-refractivity contribution in [3.63, 3.8) is 0 Å². The summed E-state index contributed by atoms with van der Waals surface area (Å²) in [4.78, 5) is 12.1. The predicted octanol–water partition coefficient (Wildman–Crippen LogP) is 3.85. The molecule has 2 rings (SSSR count). The van der Waals surface area contributed by atoms with Gasteiger partial charge in [0.2, 0.25) is 0 Å². The van der Waals surface area contributed by atoms with Crippen LogP contribution in [0.15, 0.2) is 16.6 Å². The average Bonchev–Trinajstić information content (AvgIpc) is 2.69. The van der Waals surface area contributed by atoms with Gasteiger partial charge in [-0.05, 0) is 41.4 Å². The smallest absolute Gasteiger partial charge is 0.171 e. The van der Waals surface area contributed by atoms with E-state index in [0.29, 0.717) is 22.5 Å². The van der Waals surface area contributed by atoms with Crippen molar-refractivity contribution in [2.24, 2.45) is 5.92 Å². The first-order chi connectivity index (χ1) is 7.99. The van der Waals surface area contributed by atoms with Crippen LogP contribution in [0.1, 0.15) is 23.7 Å². The number of halogens is 3. The fraction of sp³-hybridized carbons (Fsp3) is 0.417. The summed E-state index contributed by atoms with van der Waals surface area (Å²) in [6, 6.07) is 2.58. The van der Waals surface area contributed by atoms with Crippen LogP contribution in [-0.2, 0) is 4.74 Å². The van der Waals surface area contributed by atoms with Gasteiger partial charge in [0.1, 0.15) is 5.82 Å². The quantitative estimate of drug-likeness (QED) is 0.611. The molecule has 1 fully saturated rings. The van der Waals surface area contributed by atoms with E-state index in [-0.39, 0.29) is 23.4 Å². The van der Waals surface area contributed by atoms with Gasteiger partial charge in [-0.1, -0.05) is 11.6 Å². The lowest BCUT2D eigenvalue weighted by Crippen LogP contribution is -2.16. The molecule has 1 heterocycles. The van der Waals surface area contributed by atoms with Crippen LogP contribution in [0.4, 0.5) is 4.39 Å². The van der Waals surface area contributed by atoms with Gasteiger partial charge in [-0.25, -0.2) is 4.39 Å². The maximum absolute atomic E-state index is 13.7. The summed E-state index contributed by atoms with van der Waals surface area (Å²) in [5.74, 6) is -1.05. The molecule has 0 amide bonds. The Labute approximate surface area is 112 Å². The maximum atomic E-state index is 13.7. The van der Waals surface area contributed by atoms with Crippen molar-refractivity contribution >= 4 is 33.3 Å². The second-order valence-electron chi connectivity index (χ2n) is 4.19. The van der Waals surface area contributed by atoms with Crippen LogP contribution in [0.5, 0.6) is 0 Å². The second kappa shape index (κ2) is 5.04. The lowest BCUT2D eigenvalue weighted by molar-refractivity contribution is 0.0874. The third-order valence-electron chi connectivity index (χ3n) is 2.84. The van der Waals surface area contributed by atoms with E-state index in [1.54, 1.807) is 0 Å². The molecule has 1 aliphatic rings. The number of carbonyl (C=O) groups is 1. The first-order valence-electron chi connectivity index (χ1n) is 5.29. The zero-order chi connectivity index (χ0) is 12.6. The molecular weight excluding hydrogens is 310 g/mol. The third-order valence-corrected chi connectivity index (χ3v) is 4.04. The highest BCUT2D eigenvalue weighted by Crippen LogP contribution is 2.29. The Balaban J connectivity index is 2.28. The van der Waals surface area contributed by atoms with E-state index >= 15 is 0 Å². The highest BCUT2D eigenvalue weighted by molar-refractivity contribution is 9.10. The molecule has 0 bridgehead atoms. The van der Waals surface area contributed by atoms with Crippen molar-refractivity contribution in [3.8, 4) is 0 Å². The molecule has 1 saturated heterocycles. The van der Waals surface area contributed by atoms with Crippen LogP contribution in [0, 0.1) is 11.7 Å². The Morgan fingerprint density at radius 3 is 2.88 bits per heavy atom. The van der Waals surface area contributed by atoms with Crippen molar-refractivity contribution in [1.82, 2.24) is 0 Å². The zero-order valence-electron chi connectivity index (χ0n) is 9.17. The fourth-order valence-corrected chi connectivity index (χ4v) is 2.41.